The molecule has 0 saturated carbocycles. The first-order valence-electron chi connectivity index (χ1n) is 6.62. The van der Waals surface area contributed by atoms with Gasteiger partial charge in [0.1, 0.15) is 11.6 Å². The van der Waals surface area contributed by atoms with Crippen LogP contribution < -0.4 is 0 Å². The molecule has 0 bridgehead atoms. The summed E-state index contributed by atoms with van der Waals surface area (Å²) >= 11 is 0. The van der Waals surface area contributed by atoms with Crippen LogP contribution in [0.4, 0.5) is 0 Å². The van der Waals surface area contributed by atoms with Crippen LogP contribution in [-0.4, -0.2) is 45.2 Å². The summed E-state index contributed by atoms with van der Waals surface area (Å²) < 4.78 is 7.04. The molecule has 0 aromatic carbocycles. The van der Waals surface area contributed by atoms with Gasteiger partial charge in [-0.05, 0) is 7.05 Å². The summed E-state index contributed by atoms with van der Waals surface area (Å²) in [5.74, 6) is 1.87. The molecule has 0 aliphatic heterocycles. The molecule has 108 valence electrons. The van der Waals surface area contributed by atoms with Crippen molar-refractivity contribution in [1.82, 2.24) is 24.4 Å². The van der Waals surface area contributed by atoms with E-state index in [-0.39, 0.29) is 0 Å². The van der Waals surface area contributed by atoms with Gasteiger partial charge >= 0.3 is 0 Å². The lowest BCUT2D eigenvalue weighted by Crippen LogP contribution is -2.20. The number of hydrogen-bond donors (Lipinski definition) is 0. The van der Waals surface area contributed by atoms with Crippen molar-refractivity contribution in [2.24, 2.45) is 7.05 Å². The third-order valence-corrected chi connectivity index (χ3v) is 3.07. The van der Waals surface area contributed by atoms with Crippen molar-refractivity contribution >= 4 is 0 Å². The number of ether oxygens (including phenoxy) is 1. The monoisotopic (exact) mass is 275 g/mol. The van der Waals surface area contributed by atoms with E-state index in [1.165, 1.54) is 0 Å². The zero-order valence-electron chi connectivity index (χ0n) is 12.3. The molecular weight excluding hydrogens is 254 g/mol. The standard InChI is InChI=1S/C14H21N5O/c1-18(11-14-15-5-6-19(14)2)10-12-8-16-13(17-9-12)4-7-20-3/h5-6,8-9H,4,7,10-11H2,1-3H3. The smallest absolute Gasteiger partial charge is 0.130 e. The van der Waals surface area contributed by atoms with Gasteiger partial charge in [-0.1, -0.05) is 0 Å². The fourth-order valence-corrected chi connectivity index (χ4v) is 1.94. The Kier molecular flexibility index (Phi) is 5.20. The van der Waals surface area contributed by atoms with Crippen molar-refractivity contribution in [3.63, 3.8) is 0 Å². The minimum absolute atomic E-state index is 0.651. The van der Waals surface area contributed by atoms with Gasteiger partial charge in [-0.25, -0.2) is 15.0 Å². The molecule has 0 fully saturated rings. The summed E-state index contributed by atoms with van der Waals surface area (Å²) in [5.41, 5.74) is 1.10. The molecule has 0 aliphatic rings. The molecule has 2 aromatic heterocycles. The van der Waals surface area contributed by atoms with E-state index in [0.29, 0.717) is 6.61 Å². The molecule has 0 aliphatic carbocycles. The quantitative estimate of drug-likeness (QED) is 0.755. The summed E-state index contributed by atoms with van der Waals surface area (Å²) in [7, 11) is 5.75. The summed E-state index contributed by atoms with van der Waals surface area (Å²) in [4.78, 5) is 15.2. The Morgan fingerprint density at radius 1 is 1.20 bits per heavy atom. The molecule has 2 heterocycles. The van der Waals surface area contributed by atoms with Crippen LogP contribution in [0.15, 0.2) is 24.8 Å². The van der Waals surface area contributed by atoms with Crippen molar-refractivity contribution in [2.75, 3.05) is 20.8 Å². The highest BCUT2D eigenvalue weighted by atomic mass is 16.5. The highest BCUT2D eigenvalue weighted by molar-refractivity contribution is 5.05. The molecule has 0 spiro atoms. The maximum absolute atomic E-state index is 5.01. The summed E-state index contributed by atoms with van der Waals surface area (Å²) in [5, 5.41) is 0. The van der Waals surface area contributed by atoms with Gasteiger partial charge < -0.3 is 9.30 Å². The Bertz CT molecular complexity index is 523. The van der Waals surface area contributed by atoms with Gasteiger partial charge in [-0.15, -0.1) is 0 Å². The molecule has 6 heteroatoms. The predicted molar refractivity (Wildman–Crippen MR) is 76.0 cm³/mol. The van der Waals surface area contributed by atoms with E-state index < -0.39 is 0 Å². The highest BCUT2D eigenvalue weighted by Crippen LogP contribution is 2.05. The van der Waals surface area contributed by atoms with Crippen molar-refractivity contribution < 1.29 is 4.74 Å². The van der Waals surface area contributed by atoms with Crippen LogP contribution in [-0.2, 0) is 31.3 Å². The van der Waals surface area contributed by atoms with Crippen LogP contribution >= 0.6 is 0 Å². The third-order valence-electron chi connectivity index (χ3n) is 3.07. The van der Waals surface area contributed by atoms with E-state index in [4.69, 9.17) is 4.74 Å². The summed E-state index contributed by atoms with van der Waals surface area (Å²) in [6.07, 6.45) is 8.29. The lowest BCUT2D eigenvalue weighted by atomic mass is 10.3. The Balaban J connectivity index is 1.87. The second-order valence-corrected chi connectivity index (χ2v) is 4.88. The van der Waals surface area contributed by atoms with E-state index in [1.807, 2.05) is 36.4 Å². The number of aromatic nitrogens is 4. The average Bonchev–Trinajstić information content (AvgIpc) is 2.83. The third kappa shape index (κ3) is 4.11. The van der Waals surface area contributed by atoms with Crippen LogP contribution in [0.1, 0.15) is 17.2 Å². The second kappa shape index (κ2) is 7.12. The summed E-state index contributed by atoms with van der Waals surface area (Å²) in [6, 6.07) is 0. The van der Waals surface area contributed by atoms with Gasteiger partial charge in [0.05, 0.1) is 13.2 Å². The largest absolute Gasteiger partial charge is 0.384 e. The first-order valence-corrected chi connectivity index (χ1v) is 6.62. The van der Waals surface area contributed by atoms with Crippen molar-refractivity contribution in [3.8, 4) is 0 Å². The molecule has 0 unspecified atom stereocenters. The lowest BCUT2D eigenvalue weighted by Gasteiger charge is -2.16. The zero-order valence-corrected chi connectivity index (χ0v) is 12.3. The summed E-state index contributed by atoms with van der Waals surface area (Å²) in [6.45, 7) is 2.25. The zero-order chi connectivity index (χ0) is 14.4. The number of hydrogen-bond acceptors (Lipinski definition) is 5. The molecule has 0 amide bonds. The molecule has 2 aromatic rings. The van der Waals surface area contributed by atoms with Crippen molar-refractivity contribution in [3.05, 3.63) is 42.0 Å². The number of rotatable bonds is 7. The second-order valence-electron chi connectivity index (χ2n) is 4.88. The molecule has 0 N–H and O–H groups in total. The number of aryl methyl sites for hydroxylation is 1. The molecule has 0 saturated heterocycles. The number of nitrogens with zero attached hydrogens (tertiary/aromatic N) is 5. The van der Waals surface area contributed by atoms with Gasteiger partial charge in [0.25, 0.3) is 0 Å². The fraction of sp³-hybridized carbons (Fsp3) is 0.500. The van der Waals surface area contributed by atoms with Crippen LogP contribution in [0.2, 0.25) is 0 Å². The Morgan fingerprint density at radius 2 is 1.95 bits per heavy atom. The predicted octanol–water partition coefficient (Wildman–Crippen LogP) is 1.03. The average molecular weight is 275 g/mol. The first-order chi connectivity index (χ1) is 9.69. The molecule has 6 nitrogen and oxygen atoms in total. The van der Waals surface area contributed by atoms with Crippen molar-refractivity contribution in [2.45, 2.75) is 19.5 Å². The number of methoxy groups -OCH3 is 1. The molecule has 2 rings (SSSR count). The Morgan fingerprint density at radius 3 is 2.55 bits per heavy atom. The lowest BCUT2D eigenvalue weighted by molar-refractivity contribution is 0.200. The minimum Gasteiger partial charge on any atom is -0.384 e. The van der Waals surface area contributed by atoms with Crippen LogP contribution in [0.5, 0.6) is 0 Å². The fourth-order valence-electron chi connectivity index (χ4n) is 1.94. The van der Waals surface area contributed by atoms with Crippen LogP contribution in [0.25, 0.3) is 0 Å². The van der Waals surface area contributed by atoms with Gasteiger partial charge in [-0.3, -0.25) is 4.90 Å². The highest BCUT2D eigenvalue weighted by Gasteiger charge is 2.06. The van der Waals surface area contributed by atoms with Crippen molar-refractivity contribution in [1.29, 1.82) is 0 Å². The molecule has 0 radical (unpaired) electrons. The van der Waals surface area contributed by atoms with Gasteiger partial charge in [0.2, 0.25) is 0 Å². The van der Waals surface area contributed by atoms with E-state index in [9.17, 15) is 0 Å². The van der Waals surface area contributed by atoms with E-state index in [0.717, 1.165) is 36.7 Å². The van der Waals surface area contributed by atoms with Gasteiger partial charge in [-0.2, -0.15) is 0 Å². The maximum atomic E-state index is 5.01. The van der Waals surface area contributed by atoms with Gasteiger partial charge in [0, 0.05) is 57.5 Å². The van der Waals surface area contributed by atoms with E-state index in [2.05, 4.69) is 26.9 Å². The minimum atomic E-state index is 0.651. The topological polar surface area (TPSA) is 56.1 Å². The van der Waals surface area contributed by atoms with Crippen LogP contribution in [0, 0.1) is 0 Å². The van der Waals surface area contributed by atoms with E-state index >= 15 is 0 Å². The first kappa shape index (κ1) is 14.6. The molecular formula is C14H21N5O. The Hall–Kier alpha value is -1.79. The normalized spacial score (nSPS) is 11.2. The van der Waals surface area contributed by atoms with E-state index in [1.54, 1.807) is 7.11 Å². The molecule has 0 atom stereocenters. The number of imidazole rings is 1. The molecule has 20 heavy (non-hydrogen) atoms. The Labute approximate surface area is 119 Å². The van der Waals surface area contributed by atoms with Gasteiger partial charge in [0.15, 0.2) is 0 Å². The van der Waals surface area contributed by atoms with Crippen LogP contribution in [0.3, 0.4) is 0 Å². The SMILES string of the molecule is COCCc1ncc(CN(C)Cc2nccn2C)cn1. The maximum Gasteiger partial charge on any atom is 0.130 e.